The van der Waals surface area contributed by atoms with Crippen LogP contribution in [0.1, 0.15) is 34.1 Å². The van der Waals surface area contributed by atoms with Crippen molar-refractivity contribution in [1.29, 1.82) is 0 Å². The Morgan fingerprint density at radius 1 is 1.50 bits per heavy atom. The molecule has 4 heteroatoms. The van der Waals surface area contributed by atoms with E-state index in [9.17, 15) is 4.79 Å². The average Bonchev–Trinajstić information content (AvgIpc) is 2.03. The number of ether oxygens (including phenoxy) is 1. The summed E-state index contributed by atoms with van der Waals surface area (Å²) in [5.74, 6) is -0.554. The van der Waals surface area contributed by atoms with Gasteiger partial charge in [0, 0.05) is 6.61 Å². The molecule has 84 valence electrons. The molecule has 2 atom stereocenters. The quantitative estimate of drug-likeness (QED) is 0.681. The Balaban J connectivity index is 3.79. The molecule has 0 aliphatic heterocycles. The zero-order valence-electron chi connectivity index (χ0n) is 9.41. The maximum Gasteiger partial charge on any atom is 0.323 e. The first-order valence-corrected chi connectivity index (χ1v) is 4.91. The molecule has 14 heavy (non-hydrogen) atoms. The first-order valence-electron chi connectivity index (χ1n) is 4.91. The van der Waals surface area contributed by atoms with Gasteiger partial charge in [0.1, 0.15) is 5.54 Å². The van der Waals surface area contributed by atoms with E-state index in [0.29, 0.717) is 18.9 Å². The molecule has 2 unspecified atom stereocenters. The molecule has 0 aliphatic rings. The van der Waals surface area contributed by atoms with Crippen LogP contribution in [-0.2, 0) is 9.53 Å². The van der Waals surface area contributed by atoms with Gasteiger partial charge in [0.2, 0.25) is 0 Å². The zero-order chi connectivity index (χ0) is 11.4. The number of nitrogens with two attached hydrogens (primary N) is 1. The molecule has 0 spiro atoms. The molecule has 0 heterocycles. The van der Waals surface area contributed by atoms with Crippen LogP contribution in [0.2, 0.25) is 0 Å². The van der Waals surface area contributed by atoms with E-state index in [2.05, 4.69) is 13.8 Å². The molecule has 0 bridgehead atoms. The second kappa shape index (κ2) is 5.32. The van der Waals surface area contributed by atoms with Crippen molar-refractivity contribution in [3.8, 4) is 0 Å². The van der Waals surface area contributed by atoms with Gasteiger partial charge in [0.15, 0.2) is 0 Å². The van der Waals surface area contributed by atoms with E-state index in [-0.39, 0.29) is 6.10 Å². The lowest BCUT2D eigenvalue weighted by Gasteiger charge is -2.22. The summed E-state index contributed by atoms with van der Waals surface area (Å²) in [5.41, 5.74) is 4.36. The molecule has 0 saturated heterocycles. The third kappa shape index (κ3) is 4.58. The van der Waals surface area contributed by atoms with Crippen LogP contribution in [0.5, 0.6) is 0 Å². The van der Waals surface area contributed by atoms with E-state index < -0.39 is 11.5 Å². The standard InChI is InChI=1S/C10H21NO3/c1-7(2)8(3)14-6-5-10(4,11)9(12)13/h7-8H,5-6,11H2,1-4H3,(H,12,13). The molecule has 0 fully saturated rings. The molecule has 0 radical (unpaired) electrons. The molecule has 0 aromatic heterocycles. The molecule has 0 saturated carbocycles. The van der Waals surface area contributed by atoms with Crippen LogP contribution in [0.3, 0.4) is 0 Å². The monoisotopic (exact) mass is 203 g/mol. The lowest BCUT2D eigenvalue weighted by molar-refractivity contribution is -0.143. The highest BCUT2D eigenvalue weighted by Gasteiger charge is 2.27. The summed E-state index contributed by atoms with van der Waals surface area (Å²) < 4.78 is 5.45. The van der Waals surface area contributed by atoms with Crippen molar-refractivity contribution in [3.63, 3.8) is 0 Å². The van der Waals surface area contributed by atoms with Crippen molar-refractivity contribution < 1.29 is 14.6 Å². The van der Waals surface area contributed by atoms with Gasteiger partial charge in [0.25, 0.3) is 0 Å². The van der Waals surface area contributed by atoms with Gasteiger partial charge in [-0.15, -0.1) is 0 Å². The van der Waals surface area contributed by atoms with Crippen LogP contribution in [0.4, 0.5) is 0 Å². The molecular formula is C10H21NO3. The molecule has 0 aromatic rings. The van der Waals surface area contributed by atoms with E-state index in [1.54, 1.807) is 0 Å². The van der Waals surface area contributed by atoms with E-state index >= 15 is 0 Å². The normalized spacial score (nSPS) is 17.9. The van der Waals surface area contributed by atoms with Crippen molar-refractivity contribution in [2.45, 2.75) is 45.8 Å². The van der Waals surface area contributed by atoms with Gasteiger partial charge in [-0.05, 0) is 26.2 Å². The topological polar surface area (TPSA) is 72.5 Å². The SMILES string of the molecule is CC(C)C(C)OCCC(C)(N)C(=O)O. The molecule has 0 amide bonds. The van der Waals surface area contributed by atoms with E-state index in [4.69, 9.17) is 15.6 Å². The summed E-state index contributed by atoms with van der Waals surface area (Å²) >= 11 is 0. The van der Waals surface area contributed by atoms with Crippen LogP contribution in [-0.4, -0.2) is 29.3 Å². The summed E-state index contributed by atoms with van der Waals surface area (Å²) in [4.78, 5) is 10.7. The van der Waals surface area contributed by atoms with Crippen molar-refractivity contribution in [2.75, 3.05) is 6.61 Å². The summed E-state index contributed by atoms with van der Waals surface area (Å²) in [7, 11) is 0. The number of aliphatic carboxylic acids is 1. The third-order valence-corrected chi connectivity index (χ3v) is 2.43. The Morgan fingerprint density at radius 3 is 2.36 bits per heavy atom. The average molecular weight is 203 g/mol. The van der Waals surface area contributed by atoms with Crippen molar-refractivity contribution >= 4 is 5.97 Å². The minimum absolute atomic E-state index is 0.139. The molecular weight excluding hydrogens is 182 g/mol. The van der Waals surface area contributed by atoms with E-state index in [1.165, 1.54) is 6.92 Å². The lowest BCUT2D eigenvalue weighted by Crippen LogP contribution is -2.45. The molecule has 0 aromatic carbocycles. The second-order valence-electron chi connectivity index (χ2n) is 4.29. The van der Waals surface area contributed by atoms with Crippen LogP contribution in [0.25, 0.3) is 0 Å². The summed E-state index contributed by atoms with van der Waals surface area (Å²) in [6.07, 6.45) is 0.471. The van der Waals surface area contributed by atoms with Gasteiger partial charge < -0.3 is 15.6 Å². The van der Waals surface area contributed by atoms with Gasteiger partial charge in [-0.1, -0.05) is 13.8 Å². The minimum Gasteiger partial charge on any atom is -0.480 e. The number of rotatable bonds is 6. The molecule has 0 aliphatic carbocycles. The second-order valence-corrected chi connectivity index (χ2v) is 4.29. The highest BCUT2D eigenvalue weighted by atomic mass is 16.5. The Bertz CT molecular complexity index is 190. The number of hydrogen-bond acceptors (Lipinski definition) is 3. The predicted octanol–water partition coefficient (Wildman–Crippen LogP) is 1.24. The maximum absolute atomic E-state index is 10.7. The van der Waals surface area contributed by atoms with Crippen LogP contribution < -0.4 is 5.73 Å². The van der Waals surface area contributed by atoms with Crippen LogP contribution in [0, 0.1) is 5.92 Å². The Morgan fingerprint density at radius 2 is 2.00 bits per heavy atom. The summed E-state index contributed by atoms with van der Waals surface area (Å²) in [6.45, 7) is 7.98. The van der Waals surface area contributed by atoms with Crippen LogP contribution in [0.15, 0.2) is 0 Å². The van der Waals surface area contributed by atoms with Crippen molar-refractivity contribution in [2.24, 2.45) is 11.7 Å². The number of hydrogen-bond donors (Lipinski definition) is 2. The van der Waals surface area contributed by atoms with Crippen LogP contribution >= 0.6 is 0 Å². The Kier molecular flexibility index (Phi) is 5.08. The zero-order valence-corrected chi connectivity index (χ0v) is 9.41. The number of carboxylic acids is 1. The van der Waals surface area contributed by atoms with Crippen molar-refractivity contribution in [3.05, 3.63) is 0 Å². The van der Waals surface area contributed by atoms with Gasteiger partial charge in [-0.25, -0.2) is 0 Å². The Hall–Kier alpha value is -0.610. The van der Waals surface area contributed by atoms with Gasteiger partial charge in [0.05, 0.1) is 6.10 Å². The summed E-state index contributed by atoms with van der Waals surface area (Å²) in [6, 6.07) is 0. The van der Waals surface area contributed by atoms with E-state index in [1.807, 2.05) is 6.92 Å². The molecule has 3 N–H and O–H groups in total. The number of carboxylic acid groups (broad SMARTS) is 1. The fraction of sp³-hybridized carbons (Fsp3) is 0.900. The van der Waals surface area contributed by atoms with Gasteiger partial charge >= 0.3 is 5.97 Å². The largest absolute Gasteiger partial charge is 0.480 e. The highest BCUT2D eigenvalue weighted by molar-refractivity contribution is 5.77. The summed E-state index contributed by atoms with van der Waals surface area (Å²) in [5, 5.41) is 8.74. The molecule has 4 nitrogen and oxygen atoms in total. The highest BCUT2D eigenvalue weighted by Crippen LogP contribution is 2.10. The first-order chi connectivity index (χ1) is 6.27. The third-order valence-electron chi connectivity index (χ3n) is 2.43. The smallest absolute Gasteiger partial charge is 0.323 e. The predicted molar refractivity (Wildman–Crippen MR) is 55.1 cm³/mol. The lowest BCUT2D eigenvalue weighted by atomic mass is 10.0. The maximum atomic E-state index is 10.7. The van der Waals surface area contributed by atoms with E-state index in [0.717, 1.165) is 0 Å². The minimum atomic E-state index is -1.18. The fourth-order valence-corrected chi connectivity index (χ4v) is 0.756. The first kappa shape index (κ1) is 13.4. The Labute approximate surface area is 85.4 Å². The molecule has 0 rings (SSSR count). The number of carbonyl (C=O) groups is 1. The fourth-order valence-electron chi connectivity index (χ4n) is 0.756. The van der Waals surface area contributed by atoms with Gasteiger partial charge in [-0.2, -0.15) is 0 Å². The van der Waals surface area contributed by atoms with Gasteiger partial charge in [-0.3, -0.25) is 4.79 Å². The van der Waals surface area contributed by atoms with Crippen molar-refractivity contribution in [1.82, 2.24) is 0 Å².